The minimum Gasteiger partial charge on any atom is -0.479 e. The summed E-state index contributed by atoms with van der Waals surface area (Å²) in [6.45, 7) is 12.0. The highest BCUT2D eigenvalue weighted by molar-refractivity contribution is 7.16. The maximum absolute atomic E-state index is 12.2. The van der Waals surface area contributed by atoms with Crippen LogP contribution >= 0.6 is 11.3 Å². The van der Waals surface area contributed by atoms with Gasteiger partial charge in [0.15, 0.2) is 6.10 Å². The Bertz CT molecular complexity index is 962. The van der Waals surface area contributed by atoms with E-state index in [9.17, 15) is 9.90 Å². The Kier molecular flexibility index (Phi) is 5.84. The highest BCUT2D eigenvalue weighted by Gasteiger charge is 2.34. The molecule has 0 radical (unpaired) electrons. The predicted molar refractivity (Wildman–Crippen MR) is 119 cm³/mol. The van der Waals surface area contributed by atoms with Crippen molar-refractivity contribution in [3.63, 3.8) is 0 Å². The number of rotatable bonds is 5. The Morgan fingerprint density at radius 3 is 2.55 bits per heavy atom. The predicted octanol–water partition coefficient (Wildman–Crippen LogP) is 6.43. The standard InChI is InChI=1S/C24H29NO3S/c1-15-18(20(22(26)27)28-23(2,3)4)19(16-10-12-24(5,6)13-11-16)21(29-15)17-9-7-8-14-25-17/h7-12,14,20H,13H2,1-6H3,(H,26,27)/t20-/m0/s1. The number of ether oxygens (including phenoxy) is 1. The lowest BCUT2D eigenvalue weighted by molar-refractivity contribution is -0.160. The Balaban J connectivity index is 2.23. The maximum atomic E-state index is 12.2. The normalized spacial score (nSPS) is 17.1. The third-order valence-corrected chi connectivity index (χ3v) is 5.98. The Morgan fingerprint density at radius 1 is 1.31 bits per heavy atom. The molecule has 4 nitrogen and oxygen atoms in total. The van der Waals surface area contributed by atoms with Crippen LogP contribution in [-0.2, 0) is 9.53 Å². The first-order valence-electron chi connectivity index (χ1n) is 9.83. The van der Waals surface area contributed by atoms with Crippen molar-refractivity contribution in [1.29, 1.82) is 0 Å². The summed E-state index contributed by atoms with van der Waals surface area (Å²) in [6, 6.07) is 5.81. The lowest BCUT2D eigenvalue weighted by atomic mass is 9.81. The molecule has 0 unspecified atom stereocenters. The number of hydrogen-bond acceptors (Lipinski definition) is 4. The first-order valence-corrected chi connectivity index (χ1v) is 10.7. The molecule has 3 rings (SSSR count). The van der Waals surface area contributed by atoms with Gasteiger partial charge in [-0.3, -0.25) is 4.98 Å². The molecule has 1 aliphatic carbocycles. The van der Waals surface area contributed by atoms with Gasteiger partial charge in [-0.2, -0.15) is 0 Å². The topological polar surface area (TPSA) is 59.4 Å². The van der Waals surface area contributed by atoms with Crippen LogP contribution in [0.3, 0.4) is 0 Å². The van der Waals surface area contributed by atoms with E-state index in [1.54, 1.807) is 17.5 Å². The van der Waals surface area contributed by atoms with Crippen molar-refractivity contribution in [3.8, 4) is 10.6 Å². The molecule has 0 saturated heterocycles. The average Bonchev–Trinajstić information content (AvgIpc) is 2.96. The fourth-order valence-electron chi connectivity index (χ4n) is 3.43. The smallest absolute Gasteiger partial charge is 0.337 e. The molecule has 2 heterocycles. The Labute approximate surface area is 177 Å². The molecular weight excluding hydrogens is 382 g/mol. The largest absolute Gasteiger partial charge is 0.479 e. The van der Waals surface area contributed by atoms with Gasteiger partial charge < -0.3 is 9.84 Å². The molecule has 29 heavy (non-hydrogen) atoms. The highest BCUT2D eigenvalue weighted by Crippen LogP contribution is 2.46. The maximum Gasteiger partial charge on any atom is 0.337 e. The van der Waals surface area contributed by atoms with E-state index in [-0.39, 0.29) is 5.41 Å². The van der Waals surface area contributed by atoms with Crippen molar-refractivity contribution in [2.45, 2.75) is 59.7 Å². The first kappa shape index (κ1) is 21.5. The second kappa shape index (κ2) is 7.88. The molecule has 1 atom stereocenters. The first-order chi connectivity index (χ1) is 13.5. The zero-order chi connectivity index (χ0) is 21.4. The van der Waals surface area contributed by atoms with E-state index in [0.717, 1.165) is 38.6 Å². The second-order valence-electron chi connectivity index (χ2n) is 9.13. The highest BCUT2D eigenvalue weighted by atomic mass is 32.1. The fourth-order valence-corrected chi connectivity index (χ4v) is 4.61. The van der Waals surface area contributed by atoms with Gasteiger partial charge in [0.1, 0.15) is 0 Å². The SMILES string of the molecule is Cc1sc(-c2ccccn2)c(C2=CCC(C)(C)C=C2)c1[C@H](OC(C)(C)C)C(=O)O. The number of aromatic nitrogens is 1. The zero-order valence-electron chi connectivity index (χ0n) is 17.9. The number of aliphatic carboxylic acids is 1. The van der Waals surface area contributed by atoms with Crippen LogP contribution in [0.15, 0.2) is 42.6 Å². The van der Waals surface area contributed by atoms with Crippen LogP contribution in [0.1, 0.15) is 63.1 Å². The van der Waals surface area contributed by atoms with Gasteiger partial charge >= 0.3 is 5.97 Å². The summed E-state index contributed by atoms with van der Waals surface area (Å²) in [5, 5.41) is 10.0. The van der Waals surface area contributed by atoms with Crippen molar-refractivity contribution < 1.29 is 14.6 Å². The number of allylic oxidation sites excluding steroid dienone is 4. The van der Waals surface area contributed by atoms with Gasteiger partial charge in [-0.05, 0) is 57.2 Å². The average molecular weight is 412 g/mol. The summed E-state index contributed by atoms with van der Waals surface area (Å²) < 4.78 is 6.02. The number of pyridine rings is 1. The summed E-state index contributed by atoms with van der Waals surface area (Å²) in [7, 11) is 0. The molecule has 154 valence electrons. The summed E-state index contributed by atoms with van der Waals surface area (Å²) in [4.78, 5) is 18.7. The number of hydrogen-bond donors (Lipinski definition) is 1. The summed E-state index contributed by atoms with van der Waals surface area (Å²) in [5.74, 6) is -0.977. The fraction of sp³-hybridized carbons (Fsp3) is 0.417. The van der Waals surface area contributed by atoms with Gasteiger partial charge in [-0.25, -0.2) is 4.79 Å². The van der Waals surface area contributed by atoms with Crippen molar-refractivity contribution in [1.82, 2.24) is 4.98 Å². The number of carboxylic acids is 1. The molecule has 0 fully saturated rings. The number of carbonyl (C=O) groups is 1. The van der Waals surface area contributed by atoms with E-state index in [1.807, 2.05) is 45.9 Å². The number of thiophene rings is 1. The van der Waals surface area contributed by atoms with Gasteiger partial charge in [-0.15, -0.1) is 11.3 Å². The third kappa shape index (κ3) is 4.85. The monoisotopic (exact) mass is 411 g/mol. The molecule has 5 heteroatoms. The minimum atomic E-state index is -1.04. The van der Waals surface area contributed by atoms with E-state index in [4.69, 9.17) is 4.74 Å². The van der Waals surface area contributed by atoms with E-state index in [0.29, 0.717) is 0 Å². The summed E-state index contributed by atoms with van der Waals surface area (Å²) in [6.07, 6.45) is 8.13. The van der Waals surface area contributed by atoms with Crippen LogP contribution in [-0.4, -0.2) is 21.7 Å². The van der Waals surface area contributed by atoms with Gasteiger partial charge in [0.2, 0.25) is 0 Å². The molecule has 1 aliphatic rings. The molecule has 0 amide bonds. The van der Waals surface area contributed by atoms with Crippen LogP contribution in [0.5, 0.6) is 0 Å². The van der Waals surface area contributed by atoms with Crippen molar-refractivity contribution >= 4 is 22.9 Å². The van der Waals surface area contributed by atoms with E-state index < -0.39 is 17.7 Å². The van der Waals surface area contributed by atoms with Crippen LogP contribution in [0, 0.1) is 12.3 Å². The van der Waals surface area contributed by atoms with Crippen LogP contribution in [0.2, 0.25) is 0 Å². The molecule has 1 N–H and O–H groups in total. The number of nitrogens with zero attached hydrogens (tertiary/aromatic N) is 1. The molecule has 2 aromatic heterocycles. The van der Waals surface area contributed by atoms with E-state index in [2.05, 4.69) is 37.1 Å². The van der Waals surface area contributed by atoms with E-state index >= 15 is 0 Å². The number of carboxylic acid groups (broad SMARTS) is 1. The molecule has 0 aromatic carbocycles. The van der Waals surface area contributed by atoms with Crippen molar-refractivity contribution in [2.75, 3.05) is 0 Å². The van der Waals surface area contributed by atoms with Gasteiger partial charge in [0.05, 0.1) is 16.2 Å². The molecule has 0 aliphatic heterocycles. The molecule has 0 bridgehead atoms. The van der Waals surface area contributed by atoms with Gasteiger partial charge in [0.25, 0.3) is 0 Å². The molecule has 0 spiro atoms. The zero-order valence-corrected chi connectivity index (χ0v) is 18.8. The summed E-state index contributed by atoms with van der Waals surface area (Å²) in [5.41, 5.74) is 3.05. The van der Waals surface area contributed by atoms with Crippen LogP contribution in [0.4, 0.5) is 0 Å². The Hall–Kier alpha value is -2.24. The van der Waals surface area contributed by atoms with Gasteiger partial charge in [0, 0.05) is 22.2 Å². The van der Waals surface area contributed by atoms with Crippen molar-refractivity contribution in [3.05, 3.63) is 58.6 Å². The van der Waals surface area contributed by atoms with Gasteiger partial charge in [-0.1, -0.05) is 38.1 Å². The van der Waals surface area contributed by atoms with E-state index in [1.165, 1.54) is 0 Å². The summed E-state index contributed by atoms with van der Waals surface area (Å²) >= 11 is 1.58. The van der Waals surface area contributed by atoms with Crippen LogP contribution in [0.25, 0.3) is 16.1 Å². The lowest BCUT2D eigenvalue weighted by Gasteiger charge is -2.27. The van der Waals surface area contributed by atoms with Crippen molar-refractivity contribution in [2.24, 2.45) is 5.41 Å². The molecular formula is C24H29NO3S. The Morgan fingerprint density at radius 2 is 2.03 bits per heavy atom. The minimum absolute atomic E-state index is 0.0913. The molecule has 0 saturated carbocycles. The third-order valence-electron chi connectivity index (χ3n) is 4.84. The lowest BCUT2D eigenvalue weighted by Crippen LogP contribution is -2.28. The van der Waals surface area contributed by atoms with Crippen LogP contribution < -0.4 is 0 Å². The second-order valence-corrected chi connectivity index (χ2v) is 10.3. The molecule has 2 aromatic rings. The quantitative estimate of drug-likeness (QED) is 0.616. The number of aryl methyl sites for hydroxylation is 1.